The molecule has 1 fully saturated rings. The molecule has 1 aliphatic carbocycles. The monoisotopic (exact) mass is 319 g/mol. The van der Waals surface area contributed by atoms with E-state index in [1.807, 2.05) is 18.7 Å². The topological polar surface area (TPSA) is 29.9 Å². The summed E-state index contributed by atoms with van der Waals surface area (Å²) in [5, 5.41) is 8.02. The molecule has 1 N–H and O–H groups in total. The lowest BCUT2D eigenvalue weighted by atomic mass is 10.1. The summed E-state index contributed by atoms with van der Waals surface area (Å²) in [6.45, 7) is 2.88. The highest BCUT2D eigenvalue weighted by Gasteiger charge is 2.26. The number of hydrogen-bond acceptors (Lipinski definition) is 2. The van der Waals surface area contributed by atoms with Gasteiger partial charge in [-0.2, -0.15) is 5.10 Å². The number of aryl methyl sites for hydroxylation is 2. The Balaban J connectivity index is 1.97. The van der Waals surface area contributed by atoms with Crippen molar-refractivity contribution in [1.82, 2.24) is 15.1 Å². The quantitative estimate of drug-likeness (QED) is 0.864. The Morgan fingerprint density at radius 3 is 2.88 bits per heavy atom. The second-order valence-electron chi connectivity index (χ2n) is 4.80. The van der Waals surface area contributed by atoms with E-state index in [0.29, 0.717) is 12.0 Å². The molecule has 17 heavy (non-hydrogen) atoms. The lowest BCUT2D eigenvalue weighted by Crippen LogP contribution is -2.33. The van der Waals surface area contributed by atoms with E-state index in [4.69, 9.17) is 11.6 Å². The van der Waals surface area contributed by atoms with Gasteiger partial charge in [-0.3, -0.25) is 4.68 Å². The molecule has 96 valence electrons. The van der Waals surface area contributed by atoms with Crippen LogP contribution in [0.15, 0.2) is 4.47 Å². The number of halogens is 2. The predicted octanol–water partition coefficient (Wildman–Crippen LogP) is 2.99. The van der Waals surface area contributed by atoms with Crippen molar-refractivity contribution < 1.29 is 0 Å². The van der Waals surface area contributed by atoms with Crippen LogP contribution in [-0.4, -0.2) is 21.7 Å². The molecule has 1 saturated carbocycles. The summed E-state index contributed by atoms with van der Waals surface area (Å²) >= 11 is 9.58. The van der Waals surface area contributed by atoms with Crippen molar-refractivity contribution >= 4 is 27.5 Å². The van der Waals surface area contributed by atoms with Crippen LogP contribution in [0.4, 0.5) is 0 Å². The first-order valence-corrected chi connectivity index (χ1v) is 7.43. The van der Waals surface area contributed by atoms with Crippen molar-refractivity contribution in [2.75, 3.05) is 5.88 Å². The zero-order valence-corrected chi connectivity index (χ0v) is 12.7. The second kappa shape index (κ2) is 5.72. The van der Waals surface area contributed by atoms with Crippen LogP contribution in [0.5, 0.6) is 0 Å². The lowest BCUT2D eigenvalue weighted by molar-refractivity contribution is 0.422. The number of hydrogen-bond donors (Lipinski definition) is 1. The van der Waals surface area contributed by atoms with E-state index in [0.717, 1.165) is 22.6 Å². The molecule has 0 bridgehead atoms. The average Bonchev–Trinajstić information content (AvgIpc) is 2.84. The normalized spacial score (nSPS) is 24.5. The predicted molar refractivity (Wildman–Crippen MR) is 74.3 cm³/mol. The number of nitrogens with zero attached hydrogens (tertiary/aromatic N) is 2. The Bertz CT molecular complexity index is 391. The third-order valence-corrected chi connectivity index (χ3v) is 5.08. The van der Waals surface area contributed by atoms with Crippen LogP contribution in [0.25, 0.3) is 0 Å². The molecule has 5 heteroatoms. The second-order valence-corrected chi connectivity index (χ2v) is 5.90. The molecule has 2 unspecified atom stereocenters. The molecule has 1 heterocycles. The lowest BCUT2D eigenvalue weighted by Gasteiger charge is -2.19. The molecule has 2 atom stereocenters. The minimum atomic E-state index is 0.564. The van der Waals surface area contributed by atoms with Crippen molar-refractivity contribution in [1.29, 1.82) is 0 Å². The summed E-state index contributed by atoms with van der Waals surface area (Å²) in [4.78, 5) is 0. The number of alkyl halides is 1. The first-order valence-electron chi connectivity index (χ1n) is 6.10. The molecule has 0 amide bonds. The maximum atomic E-state index is 5.98. The average molecular weight is 321 g/mol. The SMILES string of the molecule is Cc1nn(C)c(CNC2CCCC2CCl)c1Br. The molecule has 1 aromatic rings. The molecule has 0 radical (unpaired) electrons. The summed E-state index contributed by atoms with van der Waals surface area (Å²) < 4.78 is 3.06. The maximum absolute atomic E-state index is 5.98. The third kappa shape index (κ3) is 2.85. The molecular weight excluding hydrogens is 302 g/mol. The largest absolute Gasteiger partial charge is 0.308 e. The summed E-state index contributed by atoms with van der Waals surface area (Å²) in [5.74, 6) is 1.40. The molecule has 0 spiro atoms. The van der Waals surface area contributed by atoms with Gasteiger partial charge in [0.2, 0.25) is 0 Å². The van der Waals surface area contributed by atoms with E-state index in [9.17, 15) is 0 Å². The van der Waals surface area contributed by atoms with Gasteiger partial charge in [0, 0.05) is 25.5 Å². The first-order chi connectivity index (χ1) is 8.13. The standard InChI is InChI=1S/C12H19BrClN3/c1-8-12(13)11(17(2)16-8)7-15-10-5-3-4-9(10)6-14/h9-10,15H,3-7H2,1-2H3. The smallest absolute Gasteiger partial charge is 0.0739 e. The van der Waals surface area contributed by atoms with Crippen molar-refractivity contribution in [2.24, 2.45) is 13.0 Å². The highest BCUT2D eigenvalue weighted by Crippen LogP contribution is 2.27. The van der Waals surface area contributed by atoms with Crippen LogP contribution >= 0.6 is 27.5 Å². The van der Waals surface area contributed by atoms with E-state index in [1.165, 1.54) is 25.0 Å². The van der Waals surface area contributed by atoms with Gasteiger partial charge >= 0.3 is 0 Å². The van der Waals surface area contributed by atoms with Crippen LogP contribution in [0, 0.1) is 12.8 Å². The fourth-order valence-corrected chi connectivity index (χ4v) is 3.44. The zero-order valence-electron chi connectivity index (χ0n) is 10.3. The van der Waals surface area contributed by atoms with Gasteiger partial charge in [0.25, 0.3) is 0 Å². The van der Waals surface area contributed by atoms with Gasteiger partial charge in [0.05, 0.1) is 15.9 Å². The van der Waals surface area contributed by atoms with E-state index >= 15 is 0 Å². The van der Waals surface area contributed by atoms with Crippen LogP contribution in [0.2, 0.25) is 0 Å². The Hall–Kier alpha value is -0.0600. The molecule has 1 aliphatic rings. The van der Waals surface area contributed by atoms with Gasteiger partial charge in [-0.25, -0.2) is 0 Å². The molecule has 3 nitrogen and oxygen atoms in total. The van der Waals surface area contributed by atoms with Crippen molar-refractivity contribution in [3.63, 3.8) is 0 Å². The fraction of sp³-hybridized carbons (Fsp3) is 0.750. The molecule has 0 saturated heterocycles. The Labute approximate surface area is 116 Å². The number of aromatic nitrogens is 2. The minimum Gasteiger partial charge on any atom is -0.308 e. The number of rotatable bonds is 4. The van der Waals surface area contributed by atoms with Gasteiger partial charge in [-0.05, 0) is 41.6 Å². The van der Waals surface area contributed by atoms with Crippen LogP contribution in [0.1, 0.15) is 30.7 Å². The van der Waals surface area contributed by atoms with Gasteiger partial charge in [0.1, 0.15) is 0 Å². The highest BCUT2D eigenvalue weighted by molar-refractivity contribution is 9.10. The summed E-state index contributed by atoms with van der Waals surface area (Å²) in [6.07, 6.45) is 3.79. The van der Waals surface area contributed by atoms with Gasteiger partial charge in [0.15, 0.2) is 0 Å². The summed E-state index contributed by atoms with van der Waals surface area (Å²) in [5.41, 5.74) is 2.26. The third-order valence-electron chi connectivity index (χ3n) is 3.65. The van der Waals surface area contributed by atoms with E-state index < -0.39 is 0 Å². The van der Waals surface area contributed by atoms with Crippen molar-refractivity contribution in [3.8, 4) is 0 Å². The summed E-state index contributed by atoms with van der Waals surface area (Å²) in [7, 11) is 1.99. The fourth-order valence-electron chi connectivity index (χ4n) is 2.59. The highest BCUT2D eigenvalue weighted by atomic mass is 79.9. The first kappa shape index (κ1) is 13.4. The van der Waals surface area contributed by atoms with E-state index in [-0.39, 0.29) is 0 Å². The Morgan fingerprint density at radius 2 is 2.29 bits per heavy atom. The molecular formula is C12H19BrClN3. The summed E-state index contributed by atoms with van der Waals surface area (Å²) in [6, 6.07) is 0.564. The van der Waals surface area contributed by atoms with E-state index in [2.05, 4.69) is 26.3 Å². The van der Waals surface area contributed by atoms with Crippen molar-refractivity contribution in [3.05, 3.63) is 15.9 Å². The van der Waals surface area contributed by atoms with Crippen molar-refractivity contribution in [2.45, 2.75) is 38.8 Å². The molecule has 0 aliphatic heterocycles. The van der Waals surface area contributed by atoms with Gasteiger partial charge in [-0.1, -0.05) is 6.42 Å². The van der Waals surface area contributed by atoms with Crippen LogP contribution in [-0.2, 0) is 13.6 Å². The Kier molecular flexibility index (Phi) is 4.50. The maximum Gasteiger partial charge on any atom is 0.0739 e. The molecule has 0 aromatic carbocycles. The van der Waals surface area contributed by atoms with E-state index in [1.54, 1.807) is 0 Å². The van der Waals surface area contributed by atoms with Crippen LogP contribution < -0.4 is 5.32 Å². The van der Waals surface area contributed by atoms with Gasteiger partial charge < -0.3 is 5.32 Å². The molecule has 2 rings (SSSR count). The number of nitrogens with one attached hydrogen (secondary N) is 1. The zero-order chi connectivity index (χ0) is 12.4. The van der Waals surface area contributed by atoms with Gasteiger partial charge in [-0.15, -0.1) is 11.6 Å². The Morgan fingerprint density at radius 1 is 1.53 bits per heavy atom. The minimum absolute atomic E-state index is 0.564. The molecule has 1 aromatic heterocycles. The van der Waals surface area contributed by atoms with Crippen LogP contribution in [0.3, 0.4) is 0 Å².